The van der Waals surface area contributed by atoms with Gasteiger partial charge in [0.25, 0.3) is 0 Å². The van der Waals surface area contributed by atoms with Crippen LogP contribution in [0.2, 0.25) is 0 Å². The lowest BCUT2D eigenvalue weighted by molar-refractivity contribution is 0.917. The Hall–Kier alpha value is -0.650. The van der Waals surface area contributed by atoms with Crippen LogP contribution in [0.25, 0.3) is 0 Å². The molecule has 1 unspecified atom stereocenters. The van der Waals surface area contributed by atoms with Gasteiger partial charge in [-0.05, 0) is 71.5 Å². The van der Waals surface area contributed by atoms with Crippen molar-refractivity contribution in [1.82, 2.24) is 0 Å². The Kier molecular flexibility index (Phi) is 10.5. The Bertz CT molecular complexity index is 536. The highest BCUT2D eigenvalue weighted by Crippen LogP contribution is 2.42. The van der Waals surface area contributed by atoms with Crippen molar-refractivity contribution in [3.05, 3.63) is 65.3 Å². The van der Waals surface area contributed by atoms with Crippen LogP contribution in [0, 0.1) is 0 Å². The fourth-order valence-electron chi connectivity index (χ4n) is 2.27. The molecule has 0 fully saturated rings. The average Bonchev–Trinajstić information content (AvgIpc) is 2.53. The Morgan fingerprint density at radius 1 is 0.870 bits per heavy atom. The minimum atomic E-state index is -0.236. The molecule has 0 aliphatic rings. The maximum absolute atomic E-state index is 3.85. The summed E-state index contributed by atoms with van der Waals surface area (Å²) < 4.78 is 0. The van der Waals surface area contributed by atoms with Gasteiger partial charge >= 0.3 is 0 Å². The van der Waals surface area contributed by atoms with Crippen LogP contribution in [0.5, 0.6) is 0 Å². The third-order valence-electron chi connectivity index (χ3n) is 3.76. The molecule has 0 bridgehead atoms. The molecule has 2 heteroatoms. The molecule has 0 spiro atoms. The molecule has 1 atom stereocenters. The van der Waals surface area contributed by atoms with Crippen LogP contribution in [0.4, 0.5) is 0 Å². The fraction of sp³-hybridized carbons (Fsp3) is 0.429. The lowest BCUT2D eigenvalue weighted by Crippen LogP contribution is -1.97. The van der Waals surface area contributed by atoms with Crippen LogP contribution >= 0.6 is 22.1 Å². The summed E-state index contributed by atoms with van der Waals surface area (Å²) in [5, 5.41) is 1.42. The molecule has 0 saturated heterocycles. The van der Waals surface area contributed by atoms with Crippen molar-refractivity contribution in [2.75, 3.05) is 6.16 Å². The largest absolute Gasteiger partial charge is 0.0856 e. The molecule has 0 aliphatic carbocycles. The van der Waals surface area contributed by atoms with Gasteiger partial charge in [-0.2, -0.15) is 0 Å². The third kappa shape index (κ3) is 9.95. The van der Waals surface area contributed by atoms with Gasteiger partial charge in [0.1, 0.15) is 0 Å². The van der Waals surface area contributed by atoms with E-state index in [-0.39, 0.29) is 6.62 Å². The Balaban J connectivity index is 2.32. The van der Waals surface area contributed by atoms with E-state index in [2.05, 4.69) is 91.7 Å². The van der Waals surface area contributed by atoms with Crippen molar-refractivity contribution in [3.63, 3.8) is 0 Å². The first-order chi connectivity index (χ1) is 11.0. The van der Waals surface area contributed by atoms with Crippen molar-refractivity contribution in [2.45, 2.75) is 53.4 Å². The second-order valence-electron chi connectivity index (χ2n) is 6.34. The van der Waals surface area contributed by atoms with E-state index in [1.54, 1.807) is 0 Å². The van der Waals surface area contributed by atoms with E-state index >= 15 is 0 Å². The van der Waals surface area contributed by atoms with Crippen molar-refractivity contribution in [2.24, 2.45) is 0 Å². The zero-order chi connectivity index (χ0) is 17.1. The Morgan fingerprint density at radius 3 is 2.04 bits per heavy atom. The van der Waals surface area contributed by atoms with E-state index in [4.69, 9.17) is 0 Å². The van der Waals surface area contributed by atoms with Crippen LogP contribution in [0.3, 0.4) is 0 Å². The smallest absolute Gasteiger partial charge is 0.000317 e. The summed E-state index contributed by atoms with van der Waals surface area (Å²) in [5.41, 5.74) is 4.44. The van der Waals surface area contributed by atoms with Gasteiger partial charge in [0.05, 0.1) is 0 Å². The van der Waals surface area contributed by atoms with Crippen LogP contribution in [0.1, 0.15) is 53.4 Å². The molecule has 0 radical (unpaired) electrons. The molecular weight excluding hydrogens is 363 g/mol. The minimum Gasteiger partial charge on any atom is -0.0856 e. The van der Waals surface area contributed by atoms with Crippen LogP contribution in [0.15, 0.2) is 65.3 Å². The number of benzene rings is 1. The SMILES string of the molecule is CC(C)=CCC/C(C)=C/CC/C(C)=C/CP(Br)c1ccccc1. The number of allylic oxidation sites excluding steroid dienone is 6. The fourth-order valence-corrected chi connectivity index (χ4v) is 4.59. The monoisotopic (exact) mass is 392 g/mol. The van der Waals surface area contributed by atoms with Gasteiger partial charge in [-0.25, -0.2) is 0 Å². The lowest BCUT2D eigenvalue weighted by Gasteiger charge is -2.08. The van der Waals surface area contributed by atoms with E-state index < -0.39 is 0 Å². The van der Waals surface area contributed by atoms with Gasteiger partial charge in [0.2, 0.25) is 0 Å². The highest BCUT2D eigenvalue weighted by atomic mass is 79.9. The van der Waals surface area contributed by atoms with E-state index in [0.717, 1.165) is 12.6 Å². The predicted molar refractivity (Wildman–Crippen MR) is 112 cm³/mol. The normalized spacial score (nSPS) is 13.8. The number of hydrogen-bond donors (Lipinski definition) is 0. The quantitative estimate of drug-likeness (QED) is 0.301. The third-order valence-corrected chi connectivity index (χ3v) is 7.22. The highest BCUT2D eigenvalue weighted by Gasteiger charge is 2.04. The minimum absolute atomic E-state index is 0.236. The molecule has 1 aromatic carbocycles. The van der Waals surface area contributed by atoms with Crippen molar-refractivity contribution >= 4 is 27.4 Å². The van der Waals surface area contributed by atoms with Gasteiger partial charge in [-0.15, -0.1) is 0 Å². The maximum atomic E-state index is 3.85. The van der Waals surface area contributed by atoms with Crippen LogP contribution < -0.4 is 5.30 Å². The van der Waals surface area contributed by atoms with E-state index in [1.165, 1.54) is 41.3 Å². The van der Waals surface area contributed by atoms with Gasteiger partial charge in [-0.1, -0.05) is 80.8 Å². The summed E-state index contributed by atoms with van der Waals surface area (Å²) in [5.74, 6) is 0. The molecule has 0 saturated carbocycles. The zero-order valence-electron chi connectivity index (χ0n) is 15.0. The van der Waals surface area contributed by atoms with E-state index in [9.17, 15) is 0 Å². The van der Waals surface area contributed by atoms with Crippen LogP contribution in [-0.4, -0.2) is 6.16 Å². The van der Waals surface area contributed by atoms with Gasteiger partial charge < -0.3 is 0 Å². The Labute approximate surface area is 152 Å². The zero-order valence-corrected chi connectivity index (χ0v) is 17.5. The number of hydrogen-bond acceptors (Lipinski definition) is 0. The average molecular weight is 393 g/mol. The summed E-state index contributed by atoms with van der Waals surface area (Å²) in [6.45, 7) is 8.61. The first-order valence-corrected chi connectivity index (χ1v) is 12.0. The second-order valence-corrected chi connectivity index (χ2v) is 10.5. The highest BCUT2D eigenvalue weighted by molar-refractivity contribution is 9.40. The first-order valence-electron chi connectivity index (χ1n) is 8.42. The molecule has 1 rings (SSSR count). The van der Waals surface area contributed by atoms with Gasteiger partial charge in [0.15, 0.2) is 0 Å². The molecule has 0 amide bonds. The molecule has 126 valence electrons. The van der Waals surface area contributed by atoms with Crippen molar-refractivity contribution < 1.29 is 0 Å². The van der Waals surface area contributed by atoms with Gasteiger partial charge in [-0.3, -0.25) is 0 Å². The number of rotatable bonds is 9. The standard InChI is InChI=1S/C21H30BrP/c1-18(2)10-8-11-19(3)12-9-13-20(4)16-17-23(22)21-14-6-5-7-15-21/h5-7,10,12,14-16H,8-9,11,13,17H2,1-4H3/b19-12+,20-16+. The molecule has 1 aromatic rings. The van der Waals surface area contributed by atoms with Crippen molar-refractivity contribution in [1.29, 1.82) is 0 Å². The lowest BCUT2D eigenvalue weighted by atomic mass is 10.1. The molecule has 0 aromatic heterocycles. The molecule has 0 aliphatic heterocycles. The molecule has 0 nitrogen and oxygen atoms in total. The number of halogens is 1. The summed E-state index contributed by atoms with van der Waals surface area (Å²) in [6.07, 6.45) is 12.9. The molecule has 0 N–H and O–H groups in total. The first kappa shape index (κ1) is 20.4. The molecule has 0 heterocycles. The van der Waals surface area contributed by atoms with Gasteiger partial charge in [0, 0.05) is 0 Å². The maximum Gasteiger partial charge on any atom is -0.000317 e. The second kappa shape index (κ2) is 11.8. The Morgan fingerprint density at radius 2 is 1.43 bits per heavy atom. The van der Waals surface area contributed by atoms with E-state index in [0.29, 0.717) is 0 Å². The summed E-state index contributed by atoms with van der Waals surface area (Å²) in [4.78, 5) is 0. The summed E-state index contributed by atoms with van der Waals surface area (Å²) in [7, 11) is 0. The molecule has 23 heavy (non-hydrogen) atoms. The van der Waals surface area contributed by atoms with Crippen LogP contribution in [-0.2, 0) is 0 Å². The van der Waals surface area contributed by atoms with E-state index in [1.807, 2.05) is 0 Å². The summed E-state index contributed by atoms with van der Waals surface area (Å²) >= 11 is 3.85. The summed E-state index contributed by atoms with van der Waals surface area (Å²) in [6, 6.07) is 10.7. The topological polar surface area (TPSA) is 0 Å². The molecular formula is C21H30BrP. The van der Waals surface area contributed by atoms with Crippen molar-refractivity contribution in [3.8, 4) is 0 Å². The predicted octanol–water partition coefficient (Wildman–Crippen LogP) is 7.52.